The molecule has 6 heterocycles. The van der Waals surface area contributed by atoms with Gasteiger partial charge in [0.05, 0.1) is 86.1 Å². The lowest BCUT2D eigenvalue weighted by Crippen LogP contribution is -2.53. The molecule has 0 aliphatic heterocycles. The number of methoxy groups -OCH3 is 2. The zero-order valence-electron chi connectivity index (χ0n) is 75.5. The Kier molecular flexibility index (Phi) is 27.8. The Hall–Kier alpha value is -16.1. The molecular formula is C101H95F5N16O13. The molecule has 0 spiro atoms. The summed E-state index contributed by atoms with van der Waals surface area (Å²) in [5, 5.41) is 20.6. The molecule has 6 aromatic heterocycles. The number of hydrogen-bond acceptors (Lipinski definition) is 21. The number of nitrogens with one attached hydrogen (secondary N) is 3. The summed E-state index contributed by atoms with van der Waals surface area (Å²) in [5.41, 5.74) is 10.7. The highest BCUT2D eigenvalue weighted by atomic mass is 19.4. The highest BCUT2D eigenvalue weighted by Gasteiger charge is 2.42. The number of nitrogens with two attached hydrogens (primary N) is 1. The van der Waals surface area contributed by atoms with E-state index in [4.69, 9.17) is 20.2 Å². The van der Waals surface area contributed by atoms with E-state index in [2.05, 4.69) is 57.0 Å². The van der Waals surface area contributed by atoms with E-state index >= 15 is 0 Å². The molecule has 0 fully saturated rings. The first-order valence-corrected chi connectivity index (χ1v) is 42.6. The van der Waals surface area contributed by atoms with E-state index in [-0.39, 0.29) is 29.4 Å². The summed E-state index contributed by atoms with van der Waals surface area (Å²) in [4.78, 5) is 152. The number of carboxylic acids is 1. The number of carboxylic acid groups (broad SMARTS) is 1. The number of rotatable bonds is 25. The molecule has 0 saturated carbocycles. The molecule has 0 saturated heterocycles. The number of nitrogens with zero attached hydrogens (tertiary/aromatic N) is 12. The van der Waals surface area contributed by atoms with Crippen molar-refractivity contribution in [3.8, 4) is 17.1 Å². The van der Waals surface area contributed by atoms with Gasteiger partial charge in [0, 0.05) is 127 Å². The Bertz CT molecular complexity index is 7580. The molecule has 16 rings (SSSR count). The van der Waals surface area contributed by atoms with Crippen LogP contribution in [0.25, 0.3) is 82.5 Å². The van der Waals surface area contributed by atoms with Crippen molar-refractivity contribution in [1.82, 2.24) is 53.0 Å². The van der Waals surface area contributed by atoms with E-state index in [1.165, 1.54) is 70.9 Å². The van der Waals surface area contributed by atoms with Gasteiger partial charge in [-0.2, -0.15) is 13.2 Å². The fourth-order valence-electron chi connectivity index (χ4n) is 16.8. The van der Waals surface area contributed by atoms with Gasteiger partial charge in [-0.05, 0) is 156 Å². The number of ether oxygens (including phenoxy) is 2. The van der Waals surface area contributed by atoms with Crippen molar-refractivity contribution in [2.75, 3.05) is 76.5 Å². The van der Waals surface area contributed by atoms with Crippen molar-refractivity contribution in [2.45, 2.75) is 68.5 Å². The van der Waals surface area contributed by atoms with Crippen LogP contribution in [0.3, 0.4) is 0 Å². The smallest absolute Gasteiger partial charge is 0.408 e. The molecular weight excluding hydrogens is 1740 g/mol. The third-order valence-electron chi connectivity index (χ3n) is 23.9. The van der Waals surface area contributed by atoms with Crippen LogP contribution in [0.5, 0.6) is 0 Å². The number of aryl methyl sites for hydroxylation is 3. The molecule has 29 nitrogen and oxygen atoms in total. The second kappa shape index (κ2) is 39.5. The van der Waals surface area contributed by atoms with Crippen LogP contribution in [0, 0.1) is 11.6 Å². The number of aromatic nitrogens is 9. The number of esters is 2. The van der Waals surface area contributed by atoms with Crippen molar-refractivity contribution in [3.63, 3.8) is 0 Å². The van der Waals surface area contributed by atoms with Crippen molar-refractivity contribution in [3.05, 3.63) is 362 Å². The molecule has 6 N–H and O–H groups in total. The highest BCUT2D eigenvalue weighted by molar-refractivity contribution is 5.99. The number of halogens is 5. The van der Waals surface area contributed by atoms with Crippen LogP contribution < -0.4 is 70.1 Å². The van der Waals surface area contributed by atoms with Crippen molar-refractivity contribution in [1.29, 1.82) is 0 Å². The zero-order valence-corrected chi connectivity index (χ0v) is 75.5. The summed E-state index contributed by atoms with van der Waals surface area (Å²) in [6, 6.07) is 61.9. The third kappa shape index (κ3) is 18.8. The lowest BCUT2D eigenvalue weighted by molar-refractivity contribution is -0.144. The summed E-state index contributed by atoms with van der Waals surface area (Å²) in [6.45, 7) is 1.23. The topological polar surface area (TPSA) is 349 Å². The van der Waals surface area contributed by atoms with Crippen LogP contribution in [0.2, 0.25) is 0 Å². The van der Waals surface area contributed by atoms with Gasteiger partial charge in [0.25, 0.3) is 22.6 Å². The van der Waals surface area contributed by atoms with Gasteiger partial charge in [0.15, 0.2) is 0 Å². The number of alkyl halides is 3. The summed E-state index contributed by atoms with van der Waals surface area (Å²) >= 11 is 0. The molecule has 692 valence electrons. The van der Waals surface area contributed by atoms with Gasteiger partial charge in [-0.15, -0.1) is 0 Å². The van der Waals surface area contributed by atoms with Gasteiger partial charge >= 0.3 is 41.2 Å². The minimum absolute atomic E-state index is 0.108. The van der Waals surface area contributed by atoms with Crippen LogP contribution >= 0.6 is 0 Å². The first kappa shape index (κ1) is 95.0. The second-order valence-electron chi connectivity index (χ2n) is 32.8. The summed E-state index contributed by atoms with van der Waals surface area (Å²) in [5.74, 6) is -7.00. The van der Waals surface area contributed by atoms with E-state index in [9.17, 15) is 75.0 Å². The van der Waals surface area contributed by atoms with Crippen LogP contribution in [-0.4, -0.2) is 158 Å². The molecule has 135 heavy (non-hydrogen) atoms. The SMILES string of the molecule is CC[C@@H](Nc1cc(F)c(C(=O)N[C@@H](Cc2ccc(-n3c(=O)c4cc(N(C)C)ccc4n(C)c3=O)c3ncccc23)C(=O)O)c(F)c1)C(F)(F)F.COC(=O)[C@@H](N)Cc1ccc(-n2c(=O)c3cc(N(C)C)ccc3n(C)c2=O)c2ncccc12.COC(=O)[C@H](Cc1ccc(-n2c(=O)c3cc(N(C)C)ccc3n(C)c2=O)c2ncccc12)NC(c1ccccc1)(c1ccccc1)c1ccccc1. The summed E-state index contributed by atoms with van der Waals surface area (Å²) < 4.78 is 87.0. The molecule has 0 aliphatic carbocycles. The molecule has 0 aliphatic rings. The number of hydrogen-bond donors (Lipinski definition) is 5. The van der Waals surface area contributed by atoms with E-state index in [0.29, 0.717) is 83.6 Å². The van der Waals surface area contributed by atoms with Gasteiger partial charge in [-0.3, -0.25) is 62.7 Å². The van der Waals surface area contributed by atoms with E-state index in [1.807, 2.05) is 134 Å². The van der Waals surface area contributed by atoms with Crippen LogP contribution in [0.4, 0.5) is 44.7 Å². The number of aliphatic carboxylic acids is 1. The minimum Gasteiger partial charge on any atom is -0.480 e. The van der Waals surface area contributed by atoms with Crippen LogP contribution in [0.15, 0.2) is 278 Å². The van der Waals surface area contributed by atoms with E-state index in [1.54, 1.807) is 118 Å². The Morgan fingerprint density at radius 2 is 0.785 bits per heavy atom. The van der Waals surface area contributed by atoms with Gasteiger partial charge in [0.1, 0.15) is 41.4 Å². The van der Waals surface area contributed by atoms with Gasteiger partial charge < -0.3 is 45.6 Å². The molecule has 0 unspecified atom stereocenters. The number of carbonyl (C=O) groups is 4. The maximum Gasteiger partial charge on any atom is 0.408 e. The molecule has 16 aromatic rings. The molecule has 0 radical (unpaired) electrons. The third-order valence-corrected chi connectivity index (χ3v) is 23.9. The number of benzene rings is 10. The fraction of sp³-hybridized carbons (Fsp3) is 0.218. The largest absolute Gasteiger partial charge is 0.480 e. The summed E-state index contributed by atoms with van der Waals surface area (Å²) in [6.07, 6.45) is -0.476. The second-order valence-corrected chi connectivity index (χ2v) is 32.8. The van der Waals surface area contributed by atoms with Gasteiger partial charge in [-0.25, -0.2) is 41.7 Å². The van der Waals surface area contributed by atoms with Crippen molar-refractivity contribution in [2.24, 2.45) is 26.9 Å². The minimum atomic E-state index is -4.71. The fourth-order valence-corrected chi connectivity index (χ4v) is 16.8. The molecule has 1 amide bonds. The van der Waals surface area contributed by atoms with Crippen molar-refractivity contribution < 1.29 is 55.7 Å². The molecule has 10 aromatic carbocycles. The van der Waals surface area contributed by atoms with Gasteiger partial charge in [0.2, 0.25) is 0 Å². The Morgan fingerprint density at radius 3 is 1.10 bits per heavy atom. The zero-order chi connectivity index (χ0) is 96.9. The molecule has 0 bridgehead atoms. The van der Waals surface area contributed by atoms with Crippen LogP contribution in [0.1, 0.15) is 57.1 Å². The van der Waals surface area contributed by atoms with Crippen LogP contribution in [-0.2, 0) is 69.8 Å². The predicted octanol–water partition coefficient (Wildman–Crippen LogP) is 12.1. The maximum absolute atomic E-state index is 14.9. The van der Waals surface area contributed by atoms with E-state index in [0.717, 1.165) is 54.0 Å². The number of amides is 1. The predicted molar refractivity (Wildman–Crippen MR) is 511 cm³/mol. The Labute approximate surface area is 768 Å². The Morgan fingerprint density at radius 1 is 0.444 bits per heavy atom. The number of anilines is 4. The molecule has 4 atom stereocenters. The van der Waals surface area contributed by atoms with Gasteiger partial charge in [-0.1, -0.05) is 134 Å². The lowest BCUT2D eigenvalue weighted by atomic mass is 9.76. The lowest BCUT2D eigenvalue weighted by Gasteiger charge is -2.39. The van der Waals surface area contributed by atoms with Crippen molar-refractivity contribution >= 4 is 112 Å². The Balaban J connectivity index is 0.000000166. The molecule has 34 heteroatoms. The van der Waals surface area contributed by atoms with E-state index < -0.39 is 129 Å². The number of carbonyl (C=O) groups excluding carboxylic acids is 3. The number of fused-ring (bicyclic) bond motifs is 6. The maximum atomic E-state index is 14.9. The monoisotopic (exact) mass is 1830 g/mol. The quantitative estimate of drug-likeness (QED) is 0.0202. The average molecular weight is 1840 g/mol. The standard InChI is InChI=1S/C43H39N5O4.C34H31F5N6O5.C24H25N5O4/c1-46(2)33-23-25-37-35(28-33)40(49)48(42(51)47(37)3)38-24-22-29(34-21-14-26-44-39(34)38)27-36(41(50)52-4)45-43(30-15-8-5-9-16-30,31-17-10-6-11-18-31)32-19-12-7-13-20-32;1-5-27(34(37,38)39)41-18-14-22(35)28(23(36)15-18)30(46)42-24(32(48)49)13-17-8-10-26(29-20(17)7-6-12-40-29)45-31(47)21-16-19(43(2)3)9-11-25(21)44(4)33(45)50;1-27(2)15-8-10-19-17(13-15)22(30)29(24(32)28(19)3)20-9-7-14(12-18(25)23(31)33-4)16-6-5-11-26-21(16)20/h5-26,28,36,45H,27H2,1-4H3;6-12,14-16,24,27,41H,5,13H2,1-4H3,(H,42,46)(H,48,49);5-11,13,18H,12,25H2,1-4H3/t36-;24-,27+;18-/m000/s1. The first-order chi connectivity index (χ1) is 64.5. The average Bonchev–Trinajstić information content (AvgIpc) is 0.877. The number of pyridine rings is 3. The first-order valence-electron chi connectivity index (χ1n) is 42.6. The summed E-state index contributed by atoms with van der Waals surface area (Å²) in [7, 11) is 18.7. The normalized spacial score (nSPS) is 12.4. The highest BCUT2D eigenvalue weighted by Crippen LogP contribution is 2.40.